The van der Waals surface area contributed by atoms with Crippen molar-refractivity contribution in [1.29, 1.82) is 0 Å². The highest BCUT2D eigenvalue weighted by Gasteiger charge is 2.60. The van der Waals surface area contributed by atoms with Gasteiger partial charge in [-0.05, 0) is 42.2 Å². The van der Waals surface area contributed by atoms with E-state index in [-0.39, 0.29) is 0 Å². The van der Waals surface area contributed by atoms with Crippen molar-refractivity contribution in [3.63, 3.8) is 0 Å². The van der Waals surface area contributed by atoms with Crippen LogP contribution in [0, 0.1) is 13.8 Å². The lowest BCUT2D eigenvalue weighted by Gasteiger charge is -2.36. The lowest BCUT2D eigenvalue weighted by atomic mass is 9.76. The third-order valence-electron chi connectivity index (χ3n) is 8.84. The molecule has 2 heterocycles. The number of fused-ring (bicyclic) bond motifs is 2. The molecule has 4 unspecified atom stereocenters. The number of hydrogen-bond acceptors (Lipinski definition) is 8. The average Bonchev–Trinajstić information content (AvgIpc) is 3.52. The molecule has 48 heavy (non-hydrogen) atoms. The van der Waals surface area contributed by atoms with Gasteiger partial charge in [-0.2, -0.15) is 16.8 Å². The number of benzene rings is 5. The molecule has 5 aromatic rings. The van der Waals surface area contributed by atoms with E-state index in [9.17, 15) is 16.8 Å². The van der Waals surface area contributed by atoms with Gasteiger partial charge in [-0.25, -0.2) is 8.37 Å². The number of ether oxygens (including phenoxy) is 2. The molecule has 0 amide bonds. The minimum absolute atomic E-state index is 0.331. The highest BCUT2D eigenvalue weighted by atomic mass is 32.2. The summed E-state index contributed by atoms with van der Waals surface area (Å²) in [4.78, 5) is 0. The van der Waals surface area contributed by atoms with Gasteiger partial charge in [0.1, 0.15) is 11.5 Å². The van der Waals surface area contributed by atoms with E-state index in [1.165, 1.54) is 0 Å². The zero-order valence-corrected chi connectivity index (χ0v) is 28.4. The number of hydrogen-bond donors (Lipinski definition) is 0. The van der Waals surface area contributed by atoms with Gasteiger partial charge < -0.3 is 9.47 Å². The van der Waals surface area contributed by atoms with Crippen LogP contribution in [0.1, 0.15) is 56.7 Å². The fraction of sp³-hybridized carbons (Fsp3) is 0.211. The van der Waals surface area contributed by atoms with Crippen LogP contribution in [0.25, 0.3) is 0 Å². The predicted molar refractivity (Wildman–Crippen MR) is 182 cm³/mol. The summed E-state index contributed by atoms with van der Waals surface area (Å²) in [7, 11) is -8.26. The van der Waals surface area contributed by atoms with Crippen molar-refractivity contribution in [2.75, 3.05) is 12.5 Å². The number of aryl methyl sites for hydroxylation is 2. The summed E-state index contributed by atoms with van der Waals surface area (Å²) in [6, 6.07) is 36.8. The van der Waals surface area contributed by atoms with Gasteiger partial charge >= 0.3 is 0 Å². The lowest BCUT2D eigenvalue weighted by molar-refractivity contribution is 0.0165. The quantitative estimate of drug-likeness (QED) is 0.161. The molecule has 0 fully saturated rings. The van der Waals surface area contributed by atoms with Gasteiger partial charge in [-0.3, -0.25) is 0 Å². The summed E-state index contributed by atoms with van der Waals surface area (Å²) in [5.41, 5.74) is 1.73. The first-order chi connectivity index (χ1) is 22.8. The molecule has 0 N–H and O–H groups in total. The molecule has 0 saturated heterocycles. The summed E-state index contributed by atoms with van der Waals surface area (Å²) in [5, 5.41) is 0. The monoisotopic (exact) mass is 682 g/mol. The van der Waals surface area contributed by atoms with Gasteiger partial charge in [0.25, 0.3) is 20.2 Å². The highest BCUT2D eigenvalue weighted by Crippen LogP contribution is 2.62. The van der Waals surface area contributed by atoms with Crippen LogP contribution >= 0.6 is 0 Å². The smallest absolute Gasteiger partial charge is 0.265 e. The summed E-state index contributed by atoms with van der Waals surface area (Å²) in [5.74, 6) is 0.662. The maximum atomic E-state index is 13.3. The first-order valence-electron chi connectivity index (χ1n) is 15.4. The Morgan fingerprint density at radius 1 is 0.521 bits per heavy atom. The van der Waals surface area contributed by atoms with Crippen LogP contribution in [-0.2, 0) is 39.8 Å². The van der Waals surface area contributed by atoms with Gasteiger partial charge in [0, 0.05) is 17.2 Å². The van der Waals surface area contributed by atoms with Gasteiger partial charge in [-0.15, -0.1) is 0 Å². The molecule has 0 spiro atoms. The molecule has 4 atom stereocenters. The zero-order chi connectivity index (χ0) is 33.9. The van der Waals surface area contributed by atoms with Crippen LogP contribution in [0.4, 0.5) is 0 Å². The topological polar surface area (TPSA) is 105 Å². The largest absolute Gasteiger partial charge is 0.481 e. The molecule has 0 aliphatic carbocycles. The van der Waals surface area contributed by atoms with E-state index < -0.39 is 43.6 Å². The lowest BCUT2D eigenvalue weighted by Crippen LogP contribution is -2.39. The van der Waals surface area contributed by atoms with E-state index in [2.05, 4.69) is 0 Å². The predicted octanol–water partition coefficient (Wildman–Crippen LogP) is 7.01. The van der Waals surface area contributed by atoms with Crippen LogP contribution in [-0.4, -0.2) is 29.3 Å². The van der Waals surface area contributed by atoms with E-state index in [0.717, 1.165) is 23.6 Å². The normalized spacial score (nSPS) is 23.2. The van der Waals surface area contributed by atoms with Gasteiger partial charge in [0.05, 0.1) is 12.5 Å². The standard InChI is InChI=1S/C38H34O8S2/c1-25-15-19-29(20-16-25)37(45-47(3,39)40)31-23-32-34(24-33(31)43-35(37)27-11-7-5-8-12-27)44-36(28-13-9-6-10-14-28)38(32,46-48(4,41)42)30-21-17-26(2)18-22-30/h5-24,35-36H,1-4H3. The SMILES string of the molecule is Cc1ccc(C2(OS(C)(=O)=O)c3cc4c(cc3OC2c2ccccc2)OC(c2ccccc2)C4(OS(C)(=O)=O)c2ccc(C)cc2)cc1. The Bertz CT molecular complexity index is 2050. The molecular formula is C38H34O8S2. The van der Waals surface area contributed by atoms with Crippen LogP contribution in [0.5, 0.6) is 11.5 Å². The van der Waals surface area contributed by atoms with Crippen molar-refractivity contribution in [3.8, 4) is 11.5 Å². The van der Waals surface area contributed by atoms with Crippen LogP contribution in [0.3, 0.4) is 0 Å². The number of rotatable bonds is 8. The molecule has 2 aliphatic rings. The fourth-order valence-electron chi connectivity index (χ4n) is 6.87. The van der Waals surface area contributed by atoms with Gasteiger partial charge in [0.15, 0.2) is 23.4 Å². The van der Waals surface area contributed by atoms with Crippen molar-refractivity contribution < 1.29 is 34.7 Å². The Hall–Kier alpha value is -4.48. The second kappa shape index (κ2) is 11.6. The Morgan fingerprint density at radius 3 is 1.21 bits per heavy atom. The molecule has 0 saturated carbocycles. The molecule has 8 nitrogen and oxygen atoms in total. The third-order valence-corrected chi connectivity index (χ3v) is 9.97. The van der Waals surface area contributed by atoms with E-state index >= 15 is 0 Å². The van der Waals surface area contributed by atoms with Crippen molar-refractivity contribution >= 4 is 20.2 Å². The zero-order valence-electron chi connectivity index (χ0n) is 26.8. The first-order valence-corrected chi connectivity index (χ1v) is 19.0. The maximum absolute atomic E-state index is 13.3. The Labute approximate surface area is 281 Å². The molecule has 5 aromatic carbocycles. The molecule has 0 aromatic heterocycles. The van der Waals surface area contributed by atoms with Crippen LogP contribution in [0.2, 0.25) is 0 Å². The Kier molecular flexibility index (Phi) is 7.75. The molecule has 246 valence electrons. The Balaban J connectivity index is 1.58. The van der Waals surface area contributed by atoms with Gasteiger partial charge in [0.2, 0.25) is 0 Å². The highest BCUT2D eigenvalue weighted by molar-refractivity contribution is 7.86. The summed E-state index contributed by atoms with van der Waals surface area (Å²) in [6.07, 6.45) is 0.133. The molecular weight excluding hydrogens is 649 g/mol. The van der Waals surface area contributed by atoms with Crippen molar-refractivity contribution in [1.82, 2.24) is 0 Å². The molecule has 0 radical (unpaired) electrons. The van der Waals surface area contributed by atoms with Crippen LogP contribution in [0.15, 0.2) is 121 Å². The van der Waals surface area contributed by atoms with E-state index in [4.69, 9.17) is 17.8 Å². The maximum Gasteiger partial charge on any atom is 0.265 e. The summed E-state index contributed by atoms with van der Waals surface area (Å²) in [6.45, 7) is 3.88. The van der Waals surface area contributed by atoms with E-state index in [0.29, 0.717) is 44.9 Å². The molecule has 10 heteroatoms. The minimum Gasteiger partial charge on any atom is -0.481 e. The Morgan fingerprint density at radius 2 is 0.875 bits per heavy atom. The molecule has 2 aliphatic heterocycles. The fourth-order valence-corrected chi connectivity index (χ4v) is 8.37. The second-order valence-electron chi connectivity index (χ2n) is 12.4. The average molecular weight is 683 g/mol. The molecule has 0 bridgehead atoms. The first kappa shape index (κ1) is 32.1. The van der Waals surface area contributed by atoms with E-state index in [1.807, 2.05) is 123 Å². The second-order valence-corrected chi connectivity index (χ2v) is 15.6. The third kappa shape index (κ3) is 5.48. The molecule has 7 rings (SSSR count). The van der Waals surface area contributed by atoms with E-state index in [1.54, 1.807) is 12.1 Å². The summed E-state index contributed by atoms with van der Waals surface area (Å²) >= 11 is 0. The minimum atomic E-state index is -4.13. The van der Waals surface area contributed by atoms with Crippen molar-refractivity contribution in [2.24, 2.45) is 0 Å². The van der Waals surface area contributed by atoms with Crippen molar-refractivity contribution in [3.05, 3.63) is 166 Å². The van der Waals surface area contributed by atoms with Gasteiger partial charge in [-0.1, -0.05) is 120 Å². The van der Waals surface area contributed by atoms with Crippen LogP contribution < -0.4 is 9.47 Å². The summed E-state index contributed by atoms with van der Waals surface area (Å²) < 4.78 is 78.8. The van der Waals surface area contributed by atoms with Crippen molar-refractivity contribution in [2.45, 2.75) is 37.3 Å².